The van der Waals surface area contributed by atoms with Gasteiger partial charge in [-0.2, -0.15) is 0 Å². The molecule has 4 unspecified atom stereocenters. The molecule has 3 aromatic rings. The van der Waals surface area contributed by atoms with Crippen LogP contribution in [0.4, 0.5) is 8.78 Å². The highest BCUT2D eigenvalue weighted by atomic mass is 19.1. The van der Waals surface area contributed by atoms with Crippen LogP contribution in [0.25, 0.3) is 0 Å². The second-order valence-corrected chi connectivity index (χ2v) is 10.7. The predicted octanol–water partition coefficient (Wildman–Crippen LogP) is 5.22. The highest BCUT2D eigenvalue weighted by Gasteiger charge is 2.41. The quantitative estimate of drug-likeness (QED) is 0.499. The van der Waals surface area contributed by atoms with Gasteiger partial charge in [-0.3, -0.25) is 4.90 Å². The van der Waals surface area contributed by atoms with E-state index in [0.717, 1.165) is 63.2 Å². The summed E-state index contributed by atoms with van der Waals surface area (Å²) in [5.41, 5.74) is 5.60. The van der Waals surface area contributed by atoms with Crippen LogP contribution >= 0.6 is 0 Å². The normalized spacial score (nSPS) is 24.7. The van der Waals surface area contributed by atoms with Gasteiger partial charge in [0.15, 0.2) is 0 Å². The average Bonchev–Trinajstić information content (AvgIpc) is 3.28. The number of rotatable bonds is 6. The van der Waals surface area contributed by atoms with Gasteiger partial charge < -0.3 is 14.7 Å². The Kier molecular flexibility index (Phi) is 7.08. The summed E-state index contributed by atoms with van der Waals surface area (Å²) in [6.45, 7) is 5.52. The van der Waals surface area contributed by atoms with Crippen molar-refractivity contribution in [1.29, 1.82) is 0 Å². The van der Waals surface area contributed by atoms with Crippen LogP contribution in [0.2, 0.25) is 0 Å². The first-order chi connectivity index (χ1) is 18.0. The van der Waals surface area contributed by atoms with E-state index < -0.39 is 6.10 Å². The molecule has 3 aromatic carbocycles. The molecule has 3 aliphatic rings. The van der Waals surface area contributed by atoms with E-state index in [2.05, 4.69) is 34.1 Å². The molecular weight excluding hydrogens is 470 g/mol. The maximum atomic E-state index is 14.2. The number of halogens is 2. The molecule has 1 aliphatic carbocycles. The molecule has 2 fully saturated rings. The van der Waals surface area contributed by atoms with Gasteiger partial charge in [-0.05, 0) is 71.3 Å². The van der Waals surface area contributed by atoms with Crippen LogP contribution in [0.15, 0.2) is 66.7 Å². The Bertz CT molecular complexity index is 1230. The highest BCUT2D eigenvalue weighted by molar-refractivity contribution is 5.45. The van der Waals surface area contributed by atoms with Gasteiger partial charge in [-0.1, -0.05) is 42.5 Å². The van der Waals surface area contributed by atoms with E-state index in [1.807, 2.05) is 6.07 Å². The Balaban J connectivity index is 1.06. The Labute approximate surface area is 217 Å². The van der Waals surface area contributed by atoms with Crippen molar-refractivity contribution in [3.8, 4) is 0 Å². The van der Waals surface area contributed by atoms with Crippen LogP contribution in [0.5, 0.6) is 0 Å². The summed E-state index contributed by atoms with van der Waals surface area (Å²) in [6, 6.07) is 19.9. The number of piperazine rings is 1. The maximum Gasteiger partial charge on any atom is 0.123 e. The summed E-state index contributed by atoms with van der Waals surface area (Å²) in [6.07, 6.45) is 1.84. The van der Waals surface area contributed by atoms with Gasteiger partial charge in [-0.15, -0.1) is 0 Å². The number of ether oxygens (including phenoxy) is 1. The van der Waals surface area contributed by atoms with Gasteiger partial charge in [0.1, 0.15) is 11.6 Å². The van der Waals surface area contributed by atoms with E-state index in [-0.39, 0.29) is 29.8 Å². The van der Waals surface area contributed by atoms with E-state index in [1.54, 1.807) is 24.3 Å². The monoisotopic (exact) mass is 504 g/mol. The lowest BCUT2D eigenvalue weighted by Gasteiger charge is -2.36. The summed E-state index contributed by atoms with van der Waals surface area (Å²) in [4.78, 5) is 4.86. The van der Waals surface area contributed by atoms with Crippen molar-refractivity contribution in [2.45, 2.75) is 43.5 Å². The fraction of sp³-hybridized carbons (Fsp3) is 0.419. The molecule has 0 amide bonds. The molecule has 2 aliphatic heterocycles. The molecule has 2 saturated heterocycles. The number of hydrogen-bond acceptors (Lipinski definition) is 4. The molecule has 1 N–H and O–H groups in total. The highest BCUT2D eigenvalue weighted by Crippen LogP contribution is 2.49. The van der Waals surface area contributed by atoms with Gasteiger partial charge in [0.2, 0.25) is 0 Å². The van der Waals surface area contributed by atoms with Gasteiger partial charge >= 0.3 is 0 Å². The largest absolute Gasteiger partial charge is 0.388 e. The van der Waals surface area contributed by atoms with Crippen LogP contribution in [-0.4, -0.2) is 60.3 Å². The van der Waals surface area contributed by atoms with E-state index >= 15 is 0 Å². The molecule has 0 spiro atoms. The molecular formula is C31H34F2N2O2. The van der Waals surface area contributed by atoms with Gasteiger partial charge in [0, 0.05) is 45.2 Å². The fourth-order valence-electron chi connectivity index (χ4n) is 6.36. The van der Waals surface area contributed by atoms with Crippen LogP contribution in [0.3, 0.4) is 0 Å². The zero-order chi connectivity index (χ0) is 25.4. The van der Waals surface area contributed by atoms with Crippen LogP contribution in [-0.2, 0) is 11.2 Å². The number of nitrogens with zero attached hydrogens (tertiary/aromatic N) is 2. The second kappa shape index (κ2) is 10.6. The lowest BCUT2D eigenvalue weighted by atomic mass is 9.87. The third-order valence-corrected chi connectivity index (χ3v) is 8.37. The average molecular weight is 505 g/mol. The third-order valence-electron chi connectivity index (χ3n) is 8.37. The number of fused-ring (bicyclic) bond motifs is 5. The zero-order valence-electron chi connectivity index (χ0n) is 21.0. The number of aliphatic hydroxyl groups excluding tert-OH is 1. The molecule has 2 heterocycles. The van der Waals surface area contributed by atoms with Crippen molar-refractivity contribution in [3.63, 3.8) is 0 Å². The van der Waals surface area contributed by atoms with Gasteiger partial charge in [0.05, 0.1) is 18.3 Å². The van der Waals surface area contributed by atoms with Crippen molar-refractivity contribution < 1.29 is 18.6 Å². The second-order valence-electron chi connectivity index (χ2n) is 10.7. The van der Waals surface area contributed by atoms with Crippen molar-refractivity contribution >= 4 is 0 Å². The first kappa shape index (κ1) is 24.7. The summed E-state index contributed by atoms with van der Waals surface area (Å²) in [5, 5.41) is 10.5. The van der Waals surface area contributed by atoms with Crippen molar-refractivity contribution in [1.82, 2.24) is 9.80 Å². The maximum absolute atomic E-state index is 14.2. The molecule has 0 bridgehead atoms. The van der Waals surface area contributed by atoms with E-state index in [4.69, 9.17) is 4.74 Å². The number of benzene rings is 3. The Morgan fingerprint density at radius 3 is 2.35 bits per heavy atom. The van der Waals surface area contributed by atoms with Crippen molar-refractivity contribution in [2.24, 2.45) is 0 Å². The zero-order valence-corrected chi connectivity index (χ0v) is 21.0. The SMILES string of the molecule is OC(CCN1CCN(CC2CC3c4ccccc4Cc4ccc(F)cc4C3O2)CC1)c1ccc(F)cc1. The van der Waals surface area contributed by atoms with Gasteiger partial charge in [-0.25, -0.2) is 8.78 Å². The minimum atomic E-state index is -0.575. The topological polar surface area (TPSA) is 35.9 Å². The fourth-order valence-corrected chi connectivity index (χ4v) is 6.36. The molecule has 0 aromatic heterocycles. The van der Waals surface area contributed by atoms with Crippen LogP contribution in [0, 0.1) is 11.6 Å². The molecule has 4 atom stereocenters. The van der Waals surface area contributed by atoms with Gasteiger partial charge in [0.25, 0.3) is 0 Å². The van der Waals surface area contributed by atoms with Crippen molar-refractivity contribution in [2.75, 3.05) is 39.3 Å². The number of aliphatic hydroxyl groups is 1. The first-order valence-electron chi connectivity index (χ1n) is 13.4. The third kappa shape index (κ3) is 5.34. The molecule has 6 rings (SSSR count). The first-order valence-corrected chi connectivity index (χ1v) is 13.4. The molecule has 6 heteroatoms. The predicted molar refractivity (Wildman–Crippen MR) is 139 cm³/mol. The van der Waals surface area contributed by atoms with Crippen LogP contribution < -0.4 is 0 Å². The summed E-state index contributed by atoms with van der Waals surface area (Å²) in [5.74, 6) is -0.233. The summed E-state index contributed by atoms with van der Waals surface area (Å²) < 4.78 is 34.1. The molecule has 194 valence electrons. The minimum absolute atomic E-state index is 0.103. The van der Waals surface area contributed by atoms with Crippen molar-refractivity contribution in [3.05, 3.63) is 106 Å². The molecule has 37 heavy (non-hydrogen) atoms. The van der Waals surface area contributed by atoms with E-state index in [1.165, 1.54) is 28.8 Å². The molecule has 0 radical (unpaired) electrons. The minimum Gasteiger partial charge on any atom is -0.388 e. The Hall–Kier alpha value is -2.64. The summed E-state index contributed by atoms with van der Waals surface area (Å²) >= 11 is 0. The van der Waals surface area contributed by atoms with Crippen LogP contribution in [0.1, 0.15) is 58.8 Å². The van der Waals surface area contributed by atoms with E-state index in [0.29, 0.717) is 6.42 Å². The van der Waals surface area contributed by atoms with E-state index in [9.17, 15) is 13.9 Å². The lowest BCUT2D eigenvalue weighted by Crippen LogP contribution is -2.48. The smallest absolute Gasteiger partial charge is 0.123 e. The lowest BCUT2D eigenvalue weighted by molar-refractivity contribution is 0.00793. The standard InChI is InChI=1S/C31H34F2N2O2/c32-24-8-5-21(6-9-24)30(36)11-12-34-13-15-35(16-14-34)20-26-19-29-27-4-2-1-3-22(27)17-23-7-10-25(33)18-28(23)31(29)37-26/h1-10,18,26,29-31,36H,11-17,19-20H2. The Morgan fingerprint density at radius 1 is 0.838 bits per heavy atom. The Morgan fingerprint density at radius 2 is 1.54 bits per heavy atom. The molecule has 4 nitrogen and oxygen atoms in total. The number of hydrogen-bond donors (Lipinski definition) is 1. The summed E-state index contributed by atoms with van der Waals surface area (Å²) in [7, 11) is 0. The molecule has 0 saturated carbocycles.